The van der Waals surface area contributed by atoms with E-state index in [1.54, 1.807) is 11.3 Å². The maximum atomic E-state index is 10.8. The van der Waals surface area contributed by atoms with Crippen molar-refractivity contribution < 1.29 is 5.11 Å². The van der Waals surface area contributed by atoms with Crippen molar-refractivity contribution in [2.24, 2.45) is 4.99 Å². The molecule has 2 saturated heterocycles. The maximum Gasteiger partial charge on any atom is 0.191 e. The van der Waals surface area contributed by atoms with Crippen molar-refractivity contribution in [1.82, 2.24) is 20.4 Å². The van der Waals surface area contributed by atoms with Crippen LogP contribution in [-0.4, -0.2) is 79.3 Å². The normalized spacial score (nSPS) is 22.7. The van der Waals surface area contributed by atoms with Gasteiger partial charge in [-0.05, 0) is 95.1 Å². The van der Waals surface area contributed by atoms with Crippen molar-refractivity contribution in [1.29, 1.82) is 0 Å². The molecular weight excluding hydrogens is 509 g/mol. The topological polar surface area (TPSA) is 63.1 Å². The van der Waals surface area contributed by atoms with Crippen molar-refractivity contribution in [3.8, 4) is 0 Å². The van der Waals surface area contributed by atoms with E-state index in [1.807, 2.05) is 23.8 Å². The Morgan fingerprint density at radius 3 is 2.50 bits per heavy atom. The van der Waals surface area contributed by atoms with E-state index in [0.717, 1.165) is 37.7 Å². The van der Waals surface area contributed by atoms with Crippen LogP contribution in [0.1, 0.15) is 51.5 Å². The molecule has 8 heteroatoms. The Labute approximate surface area is 203 Å². The molecule has 0 aliphatic carbocycles. The number of thiophene rings is 1. The number of hydrogen-bond donors (Lipinski definition) is 3. The summed E-state index contributed by atoms with van der Waals surface area (Å²) in [4.78, 5) is 9.92. The second-order valence-electron chi connectivity index (χ2n) is 8.91. The number of guanidine groups is 1. The quantitative estimate of drug-likeness (QED) is 0.277. The number of nitrogens with zero attached hydrogens (tertiary/aromatic N) is 3. The van der Waals surface area contributed by atoms with Crippen LogP contribution in [-0.2, 0) is 5.60 Å². The second-order valence-corrected chi connectivity index (χ2v) is 9.69. The zero-order valence-corrected chi connectivity index (χ0v) is 22.0. The Bertz CT molecular complexity index is 638. The summed E-state index contributed by atoms with van der Waals surface area (Å²) in [7, 11) is 2.23. The van der Waals surface area contributed by atoms with Gasteiger partial charge in [-0.25, -0.2) is 4.99 Å². The molecule has 3 N–H and O–H groups in total. The van der Waals surface area contributed by atoms with Gasteiger partial charge >= 0.3 is 0 Å². The highest BCUT2D eigenvalue weighted by atomic mass is 127. The van der Waals surface area contributed by atoms with Crippen LogP contribution < -0.4 is 10.6 Å². The minimum Gasteiger partial charge on any atom is -0.383 e. The number of aliphatic imine (C=N–C) groups is 1. The lowest BCUT2D eigenvalue weighted by Crippen LogP contribution is -2.62. The van der Waals surface area contributed by atoms with E-state index in [1.165, 1.54) is 45.2 Å². The van der Waals surface area contributed by atoms with Crippen molar-refractivity contribution in [2.75, 3.05) is 52.9 Å². The van der Waals surface area contributed by atoms with Crippen LogP contribution in [0.2, 0.25) is 0 Å². The average molecular weight is 550 g/mol. The first-order valence-electron chi connectivity index (χ1n) is 11.2. The summed E-state index contributed by atoms with van der Waals surface area (Å²) in [5.41, 5.74) is 0.196. The van der Waals surface area contributed by atoms with E-state index < -0.39 is 5.60 Å². The third-order valence-electron chi connectivity index (χ3n) is 6.56. The first-order valence-corrected chi connectivity index (χ1v) is 12.1. The van der Waals surface area contributed by atoms with Gasteiger partial charge in [0.15, 0.2) is 5.96 Å². The predicted octanol–water partition coefficient (Wildman–Crippen LogP) is 3.08. The van der Waals surface area contributed by atoms with Crippen LogP contribution in [0, 0.1) is 0 Å². The molecule has 1 unspecified atom stereocenters. The first-order chi connectivity index (χ1) is 14.0. The highest BCUT2D eigenvalue weighted by Gasteiger charge is 2.39. The summed E-state index contributed by atoms with van der Waals surface area (Å²) in [6.45, 7) is 10.7. The van der Waals surface area contributed by atoms with Crippen molar-refractivity contribution >= 4 is 41.3 Å². The van der Waals surface area contributed by atoms with E-state index in [2.05, 4.69) is 34.4 Å². The van der Waals surface area contributed by atoms with Gasteiger partial charge in [0.25, 0.3) is 0 Å². The molecule has 2 aliphatic rings. The summed E-state index contributed by atoms with van der Waals surface area (Å²) < 4.78 is 0. The minimum absolute atomic E-state index is 0. The van der Waals surface area contributed by atoms with Crippen molar-refractivity contribution in [3.63, 3.8) is 0 Å². The lowest BCUT2D eigenvalue weighted by atomic mass is 9.84. The molecule has 2 fully saturated rings. The predicted molar refractivity (Wildman–Crippen MR) is 138 cm³/mol. The van der Waals surface area contributed by atoms with Crippen LogP contribution in [0.25, 0.3) is 0 Å². The van der Waals surface area contributed by atoms with Gasteiger partial charge in [-0.2, -0.15) is 11.3 Å². The fraction of sp³-hybridized carbons (Fsp3) is 0.773. The number of halogens is 1. The van der Waals surface area contributed by atoms with Gasteiger partial charge < -0.3 is 20.6 Å². The molecule has 1 aromatic rings. The van der Waals surface area contributed by atoms with Gasteiger partial charge in [0.1, 0.15) is 5.60 Å². The highest BCUT2D eigenvalue weighted by molar-refractivity contribution is 14.0. The summed E-state index contributed by atoms with van der Waals surface area (Å²) in [6.07, 6.45) is 6.39. The van der Waals surface area contributed by atoms with Crippen molar-refractivity contribution in [2.45, 2.75) is 57.1 Å². The number of hydrogen-bond acceptors (Lipinski definition) is 5. The first kappa shape index (κ1) is 25.8. The van der Waals surface area contributed by atoms with E-state index >= 15 is 0 Å². The molecule has 2 aliphatic heterocycles. The number of aliphatic hydroxyl groups is 1. The van der Waals surface area contributed by atoms with E-state index in [-0.39, 0.29) is 29.5 Å². The van der Waals surface area contributed by atoms with Crippen molar-refractivity contribution in [3.05, 3.63) is 22.4 Å². The Morgan fingerprint density at radius 2 is 1.90 bits per heavy atom. The molecule has 172 valence electrons. The standard InChI is InChI=1S/C22H39N5OS.HI/c1-4-23-20(24-17-21(2,28)19-8-15-29-16-19)25-18-22(9-13-26(3)14-10-22)27-11-6-5-7-12-27;/h8,15-16,28H,4-7,9-14,17-18H2,1-3H3,(H2,23,24,25);1H. The summed E-state index contributed by atoms with van der Waals surface area (Å²) >= 11 is 1.61. The van der Waals surface area contributed by atoms with Gasteiger partial charge in [-0.15, -0.1) is 24.0 Å². The summed E-state index contributed by atoms with van der Waals surface area (Å²) in [5, 5.41) is 21.8. The number of nitrogens with one attached hydrogen (secondary N) is 2. The Kier molecular flexibility index (Phi) is 10.3. The summed E-state index contributed by atoms with van der Waals surface area (Å²) in [6, 6.07) is 1.98. The van der Waals surface area contributed by atoms with E-state index in [4.69, 9.17) is 4.99 Å². The van der Waals surface area contributed by atoms with E-state index in [0.29, 0.717) is 6.54 Å². The van der Waals surface area contributed by atoms with Crippen LogP contribution in [0.5, 0.6) is 0 Å². The van der Waals surface area contributed by atoms with Gasteiger partial charge in [-0.1, -0.05) is 6.42 Å². The van der Waals surface area contributed by atoms with Gasteiger partial charge in [0, 0.05) is 18.6 Å². The molecule has 0 saturated carbocycles. The zero-order valence-electron chi connectivity index (χ0n) is 18.8. The van der Waals surface area contributed by atoms with Crippen LogP contribution in [0.3, 0.4) is 0 Å². The largest absolute Gasteiger partial charge is 0.383 e. The smallest absolute Gasteiger partial charge is 0.191 e. The molecule has 3 rings (SSSR count). The molecule has 0 bridgehead atoms. The number of likely N-dealkylation sites (tertiary alicyclic amines) is 2. The van der Waals surface area contributed by atoms with E-state index in [9.17, 15) is 5.11 Å². The second kappa shape index (κ2) is 12.0. The SMILES string of the molecule is CCNC(=NCC(C)(O)c1ccsc1)NCC1(N2CCCCC2)CCN(C)CC1.I. The molecule has 0 aromatic carbocycles. The fourth-order valence-corrected chi connectivity index (χ4v) is 5.28. The Hall–Kier alpha value is -0.420. The maximum absolute atomic E-state index is 10.8. The molecule has 0 amide bonds. The molecular formula is C22H40IN5OS. The zero-order chi connectivity index (χ0) is 20.7. The fourth-order valence-electron chi connectivity index (χ4n) is 4.49. The monoisotopic (exact) mass is 549 g/mol. The van der Waals surface area contributed by atoms with Crippen LogP contribution in [0.4, 0.5) is 0 Å². The van der Waals surface area contributed by atoms with Crippen LogP contribution in [0.15, 0.2) is 21.8 Å². The molecule has 1 atom stereocenters. The molecule has 30 heavy (non-hydrogen) atoms. The van der Waals surface area contributed by atoms with Crippen LogP contribution >= 0.6 is 35.3 Å². The lowest BCUT2D eigenvalue weighted by Gasteiger charge is -2.50. The molecule has 3 heterocycles. The molecule has 1 aromatic heterocycles. The van der Waals surface area contributed by atoms with Gasteiger partial charge in [0.2, 0.25) is 0 Å². The minimum atomic E-state index is -0.944. The average Bonchev–Trinajstić information content (AvgIpc) is 3.28. The molecule has 6 nitrogen and oxygen atoms in total. The number of piperidine rings is 2. The number of rotatable bonds is 7. The third kappa shape index (κ3) is 6.79. The van der Waals surface area contributed by atoms with Gasteiger partial charge in [0.05, 0.1) is 6.54 Å². The third-order valence-corrected chi connectivity index (χ3v) is 7.25. The molecule has 0 radical (unpaired) electrons. The highest BCUT2D eigenvalue weighted by Crippen LogP contribution is 2.31. The Balaban J connectivity index is 0.00000320. The molecule has 0 spiro atoms. The lowest BCUT2D eigenvalue weighted by molar-refractivity contribution is 0.0172. The Morgan fingerprint density at radius 1 is 1.20 bits per heavy atom. The van der Waals surface area contributed by atoms with Gasteiger partial charge in [-0.3, -0.25) is 4.90 Å². The summed E-state index contributed by atoms with van der Waals surface area (Å²) in [5.74, 6) is 0.804.